The van der Waals surface area contributed by atoms with E-state index in [1.165, 1.54) is 11.3 Å². The molecule has 0 unspecified atom stereocenters. The lowest BCUT2D eigenvalue weighted by molar-refractivity contribution is 0.0955. The molecule has 0 aliphatic carbocycles. The molecule has 1 heterocycles. The summed E-state index contributed by atoms with van der Waals surface area (Å²) in [6, 6.07) is 6.90. The molecular weight excluding hydrogens is 286 g/mol. The first-order valence-electron chi connectivity index (χ1n) is 6.55. The van der Waals surface area contributed by atoms with Crippen molar-refractivity contribution < 1.29 is 9.59 Å². The number of aryl methyl sites for hydroxylation is 1. The van der Waals surface area contributed by atoms with E-state index in [0.717, 1.165) is 5.56 Å². The fraction of sp³-hybridized carbons (Fsp3) is 0.200. The van der Waals surface area contributed by atoms with Crippen LogP contribution in [0.1, 0.15) is 26.3 Å². The van der Waals surface area contributed by atoms with E-state index in [-0.39, 0.29) is 11.8 Å². The van der Waals surface area contributed by atoms with Gasteiger partial charge in [-0.05, 0) is 30.0 Å². The topological polar surface area (TPSA) is 84.2 Å². The molecule has 6 heteroatoms. The average Bonchev–Trinajstić information content (AvgIpc) is 2.91. The summed E-state index contributed by atoms with van der Waals surface area (Å²) in [6.45, 7) is 2.64. The molecule has 0 bridgehead atoms. The number of anilines is 1. The van der Waals surface area contributed by atoms with Gasteiger partial charge in [-0.25, -0.2) is 0 Å². The number of para-hydroxylation sites is 1. The van der Waals surface area contributed by atoms with Gasteiger partial charge in [0, 0.05) is 18.5 Å². The number of carbonyl (C=O) groups excluding carboxylic acids is 2. The number of nitrogens with one attached hydrogen (secondary N) is 2. The minimum Gasteiger partial charge on any atom is -0.351 e. The third-order valence-corrected chi connectivity index (χ3v) is 3.81. The normalized spacial score (nSPS) is 10.2. The number of nitrogens with two attached hydrogens (primary N) is 1. The Hall–Kier alpha value is -2.18. The molecule has 5 nitrogen and oxygen atoms in total. The minimum absolute atomic E-state index is 0.215. The summed E-state index contributed by atoms with van der Waals surface area (Å²) in [4.78, 5) is 24.3. The zero-order chi connectivity index (χ0) is 15.2. The molecule has 0 spiro atoms. The maximum atomic E-state index is 12.2. The van der Waals surface area contributed by atoms with E-state index in [1.54, 1.807) is 29.6 Å². The van der Waals surface area contributed by atoms with E-state index in [0.29, 0.717) is 29.9 Å². The number of hydrogen-bond acceptors (Lipinski definition) is 4. The van der Waals surface area contributed by atoms with Gasteiger partial charge >= 0.3 is 0 Å². The van der Waals surface area contributed by atoms with Crippen molar-refractivity contribution in [3.63, 3.8) is 0 Å². The number of rotatable bonds is 5. The number of benzene rings is 1. The van der Waals surface area contributed by atoms with Gasteiger partial charge in [0.05, 0.1) is 16.8 Å². The van der Waals surface area contributed by atoms with E-state index in [4.69, 9.17) is 5.73 Å². The van der Waals surface area contributed by atoms with E-state index < -0.39 is 0 Å². The highest BCUT2D eigenvalue weighted by molar-refractivity contribution is 7.08. The summed E-state index contributed by atoms with van der Waals surface area (Å²) in [5.74, 6) is -0.466. The number of amides is 2. The van der Waals surface area contributed by atoms with Crippen LogP contribution in [0.15, 0.2) is 35.0 Å². The highest BCUT2D eigenvalue weighted by atomic mass is 32.1. The van der Waals surface area contributed by atoms with Gasteiger partial charge in [0.2, 0.25) is 0 Å². The Balaban J connectivity index is 2.19. The van der Waals surface area contributed by atoms with Crippen LogP contribution in [-0.2, 0) is 0 Å². The fourth-order valence-electron chi connectivity index (χ4n) is 1.85. The maximum absolute atomic E-state index is 12.2. The molecule has 0 aliphatic heterocycles. The zero-order valence-electron chi connectivity index (χ0n) is 11.7. The molecule has 2 aromatic rings. The van der Waals surface area contributed by atoms with Crippen molar-refractivity contribution in [1.29, 1.82) is 0 Å². The van der Waals surface area contributed by atoms with Crippen molar-refractivity contribution in [3.8, 4) is 0 Å². The van der Waals surface area contributed by atoms with Crippen molar-refractivity contribution in [2.75, 3.05) is 18.4 Å². The summed E-state index contributed by atoms with van der Waals surface area (Å²) in [5, 5.41) is 9.19. The van der Waals surface area contributed by atoms with E-state index in [2.05, 4.69) is 10.6 Å². The molecule has 0 saturated heterocycles. The molecule has 110 valence electrons. The van der Waals surface area contributed by atoms with E-state index in [9.17, 15) is 9.59 Å². The van der Waals surface area contributed by atoms with Crippen LogP contribution < -0.4 is 16.4 Å². The lowest BCUT2D eigenvalue weighted by Gasteiger charge is -2.11. The summed E-state index contributed by atoms with van der Waals surface area (Å²) in [5.41, 5.74) is 7.82. The Labute approximate surface area is 127 Å². The minimum atomic E-state index is -0.251. The summed E-state index contributed by atoms with van der Waals surface area (Å²) < 4.78 is 0. The van der Waals surface area contributed by atoms with Crippen LogP contribution in [0.3, 0.4) is 0 Å². The van der Waals surface area contributed by atoms with Crippen molar-refractivity contribution in [1.82, 2.24) is 5.32 Å². The first-order chi connectivity index (χ1) is 10.1. The lowest BCUT2D eigenvalue weighted by atomic mass is 10.1. The van der Waals surface area contributed by atoms with Gasteiger partial charge in [-0.3, -0.25) is 9.59 Å². The predicted molar refractivity (Wildman–Crippen MR) is 84.8 cm³/mol. The number of thiophene rings is 1. The van der Waals surface area contributed by atoms with Crippen molar-refractivity contribution >= 4 is 28.8 Å². The molecule has 0 aliphatic rings. The quantitative estimate of drug-likeness (QED) is 0.790. The predicted octanol–water partition coefficient (Wildman–Crippen LogP) is 2.00. The Kier molecular flexibility index (Phi) is 5.08. The second-order valence-corrected chi connectivity index (χ2v) is 5.26. The van der Waals surface area contributed by atoms with Gasteiger partial charge in [-0.1, -0.05) is 12.1 Å². The van der Waals surface area contributed by atoms with Gasteiger partial charge < -0.3 is 16.4 Å². The fourth-order valence-corrected chi connectivity index (χ4v) is 2.68. The molecule has 21 heavy (non-hydrogen) atoms. The van der Waals surface area contributed by atoms with Gasteiger partial charge in [-0.2, -0.15) is 11.3 Å². The number of carbonyl (C=O) groups is 2. The number of hydrogen-bond donors (Lipinski definition) is 3. The average molecular weight is 303 g/mol. The maximum Gasteiger partial charge on any atom is 0.256 e. The second kappa shape index (κ2) is 7.01. The Morgan fingerprint density at radius 2 is 1.90 bits per heavy atom. The zero-order valence-corrected chi connectivity index (χ0v) is 12.5. The Bertz CT molecular complexity index is 652. The first kappa shape index (κ1) is 15.2. The Morgan fingerprint density at radius 1 is 1.14 bits per heavy atom. The van der Waals surface area contributed by atoms with Crippen molar-refractivity contribution in [2.45, 2.75) is 6.92 Å². The lowest BCUT2D eigenvalue weighted by Crippen LogP contribution is -2.30. The SMILES string of the molecule is Cc1cscc1C(=O)Nc1ccccc1C(=O)NCCN. The molecule has 1 aromatic heterocycles. The first-order valence-corrected chi connectivity index (χ1v) is 7.49. The third-order valence-electron chi connectivity index (χ3n) is 2.95. The summed E-state index contributed by atoms with van der Waals surface area (Å²) in [6.07, 6.45) is 0. The van der Waals surface area contributed by atoms with Crippen LogP contribution in [0.5, 0.6) is 0 Å². The summed E-state index contributed by atoms with van der Waals surface area (Å²) in [7, 11) is 0. The standard InChI is InChI=1S/C15H17N3O2S/c1-10-8-21-9-12(10)15(20)18-13-5-3-2-4-11(13)14(19)17-7-6-16/h2-5,8-9H,6-7,16H2,1H3,(H,17,19)(H,18,20). The highest BCUT2D eigenvalue weighted by Crippen LogP contribution is 2.19. The molecule has 0 atom stereocenters. The van der Waals surface area contributed by atoms with Crippen molar-refractivity contribution in [3.05, 3.63) is 51.7 Å². The molecule has 4 N–H and O–H groups in total. The molecule has 0 fully saturated rings. The third kappa shape index (κ3) is 3.68. The van der Waals surface area contributed by atoms with Crippen LogP contribution in [0, 0.1) is 6.92 Å². The molecule has 0 radical (unpaired) electrons. The van der Waals surface area contributed by atoms with Gasteiger partial charge in [0.15, 0.2) is 0 Å². The summed E-state index contributed by atoms with van der Waals surface area (Å²) >= 11 is 1.47. The smallest absolute Gasteiger partial charge is 0.256 e. The van der Waals surface area contributed by atoms with Gasteiger partial charge in [0.25, 0.3) is 11.8 Å². The molecule has 1 aromatic carbocycles. The van der Waals surface area contributed by atoms with Crippen molar-refractivity contribution in [2.24, 2.45) is 5.73 Å². The van der Waals surface area contributed by atoms with Gasteiger partial charge in [0.1, 0.15) is 0 Å². The highest BCUT2D eigenvalue weighted by Gasteiger charge is 2.15. The largest absolute Gasteiger partial charge is 0.351 e. The monoisotopic (exact) mass is 303 g/mol. The Morgan fingerprint density at radius 3 is 2.57 bits per heavy atom. The van der Waals surface area contributed by atoms with Gasteiger partial charge in [-0.15, -0.1) is 0 Å². The molecule has 2 amide bonds. The molecule has 0 saturated carbocycles. The van der Waals surface area contributed by atoms with Crippen LogP contribution in [0.25, 0.3) is 0 Å². The van der Waals surface area contributed by atoms with Crippen LogP contribution in [0.4, 0.5) is 5.69 Å². The van der Waals surface area contributed by atoms with E-state index in [1.807, 2.05) is 12.3 Å². The van der Waals surface area contributed by atoms with Crippen LogP contribution in [-0.4, -0.2) is 24.9 Å². The second-order valence-electron chi connectivity index (χ2n) is 4.51. The molecule has 2 rings (SSSR count). The van der Waals surface area contributed by atoms with E-state index >= 15 is 0 Å². The molecular formula is C15H17N3O2S. The van der Waals surface area contributed by atoms with Crippen LogP contribution >= 0.6 is 11.3 Å². The van der Waals surface area contributed by atoms with Crippen LogP contribution in [0.2, 0.25) is 0 Å².